The predicted molar refractivity (Wildman–Crippen MR) is 148 cm³/mol. The molecule has 8 heteroatoms. The number of benzene rings is 2. The van der Waals surface area contributed by atoms with E-state index < -0.39 is 0 Å². The molecule has 0 atom stereocenters. The number of amides is 2. The number of fused-ring (bicyclic) bond motifs is 1. The summed E-state index contributed by atoms with van der Waals surface area (Å²) in [4.78, 5) is 36.1. The van der Waals surface area contributed by atoms with Crippen molar-refractivity contribution in [2.75, 3.05) is 44.2 Å². The topological polar surface area (TPSA) is 59.7 Å². The van der Waals surface area contributed by atoms with Crippen molar-refractivity contribution in [3.8, 4) is 0 Å². The lowest BCUT2D eigenvalue weighted by Crippen LogP contribution is -2.47. The highest BCUT2D eigenvalue weighted by Gasteiger charge is 2.28. The van der Waals surface area contributed by atoms with E-state index in [1.807, 2.05) is 41.3 Å². The largest absolute Gasteiger partial charge is 0.360 e. The molecule has 5 rings (SSSR count). The number of piperidine rings is 2. The minimum absolute atomic E-state index is 0. The number of hydrogen-bond donors (Lipinski definition) is 1. The fourth-order valence-corrected chi connectivity index (χ4v) is 5.59. The number of aromatic amines is 1. The Kier molecular flexibility index (Phi) is 8.94. The molecule has 1 N–H and O–H groups in total. The summed E-state index contributed by atoms with van der Waals surface area (Å²) in [6.07, 6.45) is 7.76. The van der Waals surface area contributed by atoms with E-state index in [4.69, 9.17) is 11.6 Å². The first-order valence-electron chi connectivity index (χ1n) is 12.7. The first-order chi connectivity index (χ1) is 17.1. The number of rotatable bonds is 6. The number of likely N-dealkylation sites (tertiary alicyclic amines) is 2. The molecule has 0 bridgehead atoms. The van der Waals surface area contributed by atoms with Gasteiger partial charge in [0.05, 0.1) is 5.02 Å². The number of aromatic nitrogens is 1. The second-order valence-electron chi connectivity index (χ2n) is 9.81. The lowest BCUT2D eigenvalue weighted by atomic mass is 9.95. The van der Waals surface area contributed by atoms with Crippen LogP contribution >= 0.6 is 24.0 Å². The molecule has 2 aromatic carbocycles. The molecule has 0 radical (unpaired) electrons. The summed E-state index contributed by atoms with van der Waals surface area (Å²) < 4.78 is 0. The first-order valence-corrected chi connectivity index (χ1v) is 13.1. The van der Waals surface area contributed by atoms with Gasteiger partial charge in [0, 0.05) is 48.0 Å². The van der Waals surface area contributed by atoms with Crippen LogP contribution in [0.3, 0.4) is 0 Å². The van der Waals surface area contributed by atoms with Crippen LogP contribution in [0.5, 0.6) is 0 Å². The van der Waals surface area contributed by atoms with Gasteiger partial charge in [-0.15, -0.1) is 12.4 Å². The van der Waals surface area contributed by atoms with Crippen LogP contribution in [-0.2, 0) is 4.79 Å². The number of carbonyl (C=O) groups excluding carboxylic acids is 2. The lowest BCUT2D eigenvalue weighted by Gasteiger charge is -2.36. The van der Waals surface area contributed by atoms with Crippen molar-refractivity contribution in [1.82, 2.24) is 14.8 Å². The highest BCUT2D eigenvalue weighted by atomic mass is 35.5. The Balaban J connectivity index is 0.00000304. The molecule has 3 heterocycles. The van der Waals surface area contributed by atoms with Crippen molar-refractivity contribution in [1.29, 1.82) is 0 Å². The van der Waals surface area contributed by atoms with E-state index in [-0.39, 0.29) is 30.8 Å². The van der Waals surface area contributed by atoms with E-state index in [1.165, 1.54) is 32.4 Å². The lowest BCUT2D eigenvalue weighted by molar-refractivity contribution is -0.131. The van der Waals surface area contributed by atoms with Crippen LogP contribution in [0, 0.1) is 5.92 Å². The molecule has 2 fully saturated rings. The Morgan fingerprint density at radius 1 is 0.972 bits per heavy atom. The number of hydrogen-bond acceptors (Lipinski definition) is 3. The molecule has 3 aromatic rings. The molecular formula is C28H34Cl2N4O2. The highest BCUT2D eigenvalue weighted by Crippen LogP contribution is 2.26. The number of nitrogens with zero attached hydrogens (tertiary/aromatic N) is 3. The second-order valence-corrected chi connectivity index (χ2v) is 10.2. The van der Waals surface area contributed by atoms with Crippen LogP contribution in [0.2, 0.25) is 5.02 Å². The monoisotopic (exact) mass is 528 g/mol. The quantitative estimate of drug-likeness (QED) is 0.452. The maximum Gasteiger partial charge on any atom is 0.258 e. The fourth-order valence-electron chi connectivity index (χ4n) is 5.38. The summed E-state index contributed by atoms with van der Waals surface area (Å²) in [5.74, 6) is 0.461. The Hall–Kier alpha value is -2.54. The van der Waals surface area contributed by atoms with Gasteiger partial charge in [0.1, 0.15) is 6.54 Å². The maximum absolute atomic E-state index is 13.6. The third kappa shape index (κ3) is 6.05. The summed E-state index contributed by atoms with van der Waals surface area (Å²) >= 11 is 6.20. The van der Waals surface area contributed by atoms with E-state index in [1.54, 1.807) is 23.2 Å². The number of carbonyl (C=O) groups is 2. The summed E-state index contributed by atoms with van der Waals surface area (Å²) in [5, 5.41) is 1.50. The van der Waals surface area contributed by atoms with E-state index >= 15 is 0 Å². The molecule has 2 amide bonds. The van der Waals surface area contributed by atoms with Gasteiger partial charge in [-0.3, -0.25) is 14.5 Å². The molecule has 0 saturated carbocycles. The molecule has 36 heavy (non-hydrogen) atoms. The molecular weight excluding hydrogens is 495 g/mol. The number of anilines is 1. The van der Waals surface area contributed by atoms with Crippen molar-refractivity contribution in [2.45, 2.75) is 32.1 Å². The summed E-state index contributed by atoms with van der Waals surface area (Å²) in [6.45, 7) is 5.15. The van der Waals surface area contributed by atoms with Gasteiger partial charge in [0.2, 0.25) is 5.91 Å². The zero-order valence-corrected chi connectivity index (χ0v) is 22.1. The number of H-pyrrole nitrogens is 1. The van der Waals surface area contributed by atoms with Gasteiger partial charge in [0.15, 0.2) is 0 Å². The smallest absolute Gasteiger partial charge is 0.258 e. The van der Waals surface area contributed by atoms with Gasteiger partial charge in [-0.25, -0.2) is 0 Å². The zero-order chi connectivity index (χ0) is 24.2. The summed E-state index contributed by atoms with van der Waals surface area (Å²) in [7, 11) is 0. The molecule has 2 saturated heterocycles. The van der Waals surface area contributed by atoms with Crippen molar-refractivity contribution in [3.05, 3.63) is 65.3 Å². The van der Waals surface area contributed by atoms with Crippen molar-refractivity contribution in [2.24, 2.45) is 5.92 Å². The molecule has 6 nitrogen and oxygen atoms in total. The third-order valence-electron chi connectivity index (χ3n) is 7.42. The normalized spacial score (nSPS) is 17.1. The average Bonchev–Trinajstić information content (AvgIpc) is 3.28. The predicted octanol–water partition coefficient (Wildman–Crippen LogP) is 5.61. The van der Waals surface area contributed by atoms with Gasteiger partial charge >= 0.3 is 0 Å². The van der Waals surface area contributed by atoms with Crippen LogP contribution in [0.25, 0.3) is 10.9 Å². The highest BCUT2D eigenvalue weighted by molar-refractivity contribution is 6.35. The van der Waals surface area contributed by atoms with Crippen molar-refractivity contribution >= 4 is 52.4 Å². The van der Waals surface area contributed by atoms with E-state index in [2.05, 4.69) is 9.88 Å². The molecule has 2 aliphatic rings. The maximum atomic E-state index is 13.6. The standard InChI is InChI=1S/C28H33ClN4O2.ClH/c29-25-18-30-26-17-22(9-10-24(25)26)28(35)33(23-7-3-1-4-8-23)20-27(34)32-15-11-21(12-16-32)19-31-13-5-2-6-14-31;/h1,3-4,7-10,17-18,21,30H,2,5-6,11-16,19-20H2;1H. The molecule has 2 aliphatic heterocycles. The van der Waals surface area contributed by atoms with E-state index in [0.717, 1.165) is 49.1 Å². The van der Waals surface area contributed by atoms with Gasteiger partial charge in [0.25, 0.3) is 5.91 Å². The Bertz CT molecular complexity index is 1170. The SMILES string of the molecule is Cl.O=C(CN(C(=O)c1ccc2c(Cl)c[nH]c2c1)c1ccccc1)N1CCC(CN2CCCCC2)CC1. The Morgan fingerprint density at radius 3 is 2.42 bits per heavy atom. The van der Waals surface area contributed by atoms with Gasteiger partial charge < -0.3 is 14.8 Å². The second kappa shape index (κ2) is 12.1. The van der Waals surface area contributed by atoms with Gasteiger partial charge in [-0.05, 0) is 69.0 Å². The fraction of sp³-hybridized carbons (Fsp3) is 0.429. The minimum Gasteiger partial charge on any atom is -0.360 e. The zero-order valence-electron chi connectivity index (χ0n) is 20.5. The molecule has 0 unspecified atom stereocenters. The third-order valence-corrected chi connectivity index (χ3v) is 7.73. The van der Waals surface area contributed by atoms with Crippen LogP contribution in [0.15, 0.2) is 54.7 Å². The number of para-hydroxylation sites is 1. The Morgan fingerprint density at radius 2 is 1.69 bits per heavy atom. The molecule has 192 valence electrons. The van der Waals surface area contributed by atoms with Crippen molar-refractivity contribution < 1.29 is 9.59 Å². The van der Waals surface area contributed by atoms with Crippen LogP contribution in [0.4, 0.5) is 5.69 Å². The van der Waals surface area contributed by atoms with E-state index in [0.29, 0.717) is 16.5 Å². The van der Waals surface area contributed by atoms with Crippen molar-refractivity contribution in [3.63, 3.8) is 0 Å². The number of halogens is 2. The van der Waals surface area contributed by atoms with Gasteiger partial charge in [-0.2, -0.15) is 0 Å². The molecule has 0 spiro atoms. The summed E-state index contributed by atoms with van der Waals surface area (Å²) in [5.41, 5.74) is 2.04. The van der Waals surface area contributed by atoms with Crippen LogP contribution < -0.4 is 4.90 Å². The van der Waals surface area contributed by atoms with Crippen LogP contribution in [0.1, 0.15) is 42.5 Å². The first kappa shape index (κ1) is 26.5. The van der Waals surface area contributed by atoms with E-state index in [9.17, 15) is 9.59 Å². The Labute approximate surface area is 224 Å². The van der Waals surface area contributed by atoms with Gasteiger partial charge in [-0.1, -0.05) is 42.3 Å². The molecule has 1 aromatic heterocycles. The minimum atomic E-state index is -0.197. The van der Waals surface area contributed by atoms with Crippen LogP contribution in [-0.4, -0.2) is 65.9 Å². The number of nitrogens with one attached hydrogen (secondary N) is 1. The average molecular weight is 530 g/mol. The molecule has 0 aliphatic carbocycles. The summed E-state index contributed by atoms with van der Waals surface area (Å²) in [6, 6.07) is 14.9.